The molecule has 1 aliphatic carbocycles. The molecule has 2 fully saturated rings. The summed E-state index contributed by atoms with van der Waals surface area (Å²) in [5, 5.41) is 3.21. The lowest BCUT2D eigenvalue weighted by atomic mass is 9.91. The minimum Gasteiger partial charge on any atom is -0.369 e. The van der Waals surface area contributed by atoms with Crippen molar-refractivity contribution in [2.75, 3.05) is 25.4 Å². The molecule has 2 aliphatic rings. The minimum absolute atomic E-state index is 0.139. The van der Waals surface area contributed by atoms with Crippen molar-refractivity contribution < 1.29 is 13.2 Å². The highest BCUT2D eigenvalue weighted by atomic mass is 32.2. The Labute approximate surface area is 127 Å². The van der Waals surface area contributed by atoms with Gasteiger partial charge in [-0.05, 0) is 38.1 Å². The molecule has 1 saturated heterocycles. The Morgan fingerprint density at radius 1 is 1.14 bits per heavy atom. The van der Waals surface area contributed by atoms with Crippen LogP contribution in [-0.4, -0.2) is 50.1 Å². The van der Waals surface area contributed by atoms with E-state index in [4.69, 9.17) is 5.73 Å². The van der Waals surface area contributed by atoms with Crippen LogP contribution in [0.1, 0.15) is 44.9 Å². The van der Waals surface area contributed by atoms with Crippen molar-refractivity contribution in [2.45, 2.75) is 51.0 Å². The lowest BCUT2D eigenvalue weighted by molar-refractivity contribution is -0.118. The van der Waals surface area contributed by atoms with Crippen molar-refractivity contribution in [3.8, 4) is 0 Å². The lowest BCUT2D eigenvalue weighted by Crippen LogP contribution is -2.52. The Morgan fingerprint density at radius 2 is 1.86 bits per heavy atom. The van der Waals surface area contributed by atoms with Gasteiger partial charge in [-0.2, -0.15) is 4.31 Å². The van der Waals surface area contributed by atoms with Crippen LogP contribution in [0, 0.1) is 5.92 Å². The van der Waals surface area contributed by atoms with Gasteiger partial charge in [0.15, 0.2) is 0 Å². The Balaban J connectivity index is 2.07. The maximum atomic E-state index is 12.7. The number of nitrogens with one attached hydrogen (secondary N) is 1. The number of rotatable bonds is 6. The molecule has 0 aromatic heterocycles. The summed E-state index contributed by atoms with van der Waals surface area (Å²) in [6, 6.07) is -0.139. The highest BCUT2D eigenvalue weighted by molar-refractivity contribution is 7.89. The molecule has 6 nitrogen and oxygen atoms in total. The highest BCUT2D eigenvalue weighted by Crippen LogP contribution is 2.27. The number of nitrogens with zero attached hydrogens (tertiary/aromatic N) is 1. The summed E-state index contributed by atoms with van der Waals surface area (Å²) in [6.07, 6.45) is 7.11. The molecule has 0 radical (unpaired) electrons. The number of hydrogen-bond acceptors (Lipinski definition) is 4. The molecule has 1 amide bonds. The Bertz CT molecular complexity index is 440. The van der Waals surface area contributed by atoms with Gasteiger partial charge < -0.3 is 11.1 Å². The van der Waals surface area contributed by atoms with Crippen LogP contribution in [0.5, 0.6) is 0 Å². The van der Waals surface area contributed by atoms with Crippen LogP contribution in [0.4, 0.5) is 0 Å². The smallest absolute Gasteiger partial charge is 0.232 e. The van der Waals surface area contributed by atoms with Crippen LogP contribution in [0.2, 0.25) is 0 Å². The third-order valence-electron chi connectivity index (χ3n) is 4.52. The number of amides is 1. The molecule has 7 heteroatoms. The minimum atomic E-state index is -3.42. The summed E-state index contributed by atoms with van der Waals surface area (Å²) in [5.74, 6) is -0.181. The predicted octanol–water partition coefficient (Wildman–Crippen LogP) is 0.436. The molecule has 1 saturated carbocycles. The average molecular weight is 317 g/mol. The third kappa shape index (κ3) is 4.93. The first-order chi connectivity index (χ1) is 9.99. The highest BCUT2D eigenvalue weighted by Gasteiger charge is 2.34. The van der Waals surface area contributed by atoms with E-state index in [2.05, 4.69) is 5.32 Å². The predicted molar refractivity (Wildman–Crippen MR) is 82.2 cm³/mol. The first-order valence-corrected chi connectivity index (χ1v) is 9.58. The number of carbonyl (C=O) groups excluding carboxylic acids is 1. The van der Waals surface area contributed by atoms with Gasteiger partial charge in [0.2, 0.25) is 15.9 Å². The molecule has 2 rings (SSSR count). The summed E-state index contributed by atoms with van der Waals surface area (Å²) < 4.78 is 26.8. The lowest BCUT2D eigenvalue weighted by Gasteiger charge is -2.34. The van der Waals surface area contributed by atoms with E-state index in [1.54, 1.807) is 0 Å². The van der Waals surface area contributed by atoms with Crippen LogP contribution in [0.25, 0.3) is 0 Å². The zero-order valence-corrected chi connectivity index (χ0v) is 13.4. The van der Waals surface area contributed by atoms with Gasteiger partial charge >= 0.3 is 0 Å². The Hall–Kier alpha value is -0.660. The van der Waals surface area contributed by atoms with Crippen LogP contribution in [-0.2, 0) is 14.8 Å². The average Bonchev–Trinajstić information content (AvgIpc) is 2.46. The molecule has 0 bridgehead atoms. The number of carbonyl (C=O) groups is 1. The Kier molecular flexibility index (Phi) is 6.01. The summed E-state index contributed by atoms with van der Waals surface area (Å²) >= 11 is 0. The molecule has 0 aromatic rings. The van der Waals surface area contributed by atoms with Crippen LogP contribution >= 0.6 is 0 Å². The molecule has 21 heavy (non-hydrogen) atoms. The second-order valence-corrected chi connectivity index (χ2v) is 8.26. The second-order valence-electron chi connectivity index (χ2n) is 6.29. The number of piperidine rings is 1. The summed E-state index contributed by atoms with van der Waals surface area (Å²) in [5.41, 5.74) is 5.26. The summed E-state index contributed by atoms with van der Waals surface area (Å²) in [7, 11) is -3.42. The molecule has 122 valence electrons. The monoisotopic (exact) mass is 317 g/mol. The van der Waals surface area contributed by atoms with Crippen molar-refractivity contribution in [1.29, 1.82) is 0 Å². The SMILES string of the molecule is NC(=O)CN(C1CCCNC1)S(=O)(=O)CC1CCCCC1. The van der Waals surface area contributed by atoms with Crippen molar-refractivity contribution in [3.05, 3.63) is 0 Å². The molecule has 1 atom stereocenters. The number of hydrogen-bond donors (Lipinski definition) is 2. The van der Waals surface area contributed by atoms with E-state index in [0.29, 0.717) is 6.54 Å². The number of sulfonamides is 1. The molecular weight excluding hydrogens is 290 g/mol. The van der Waals surface area contributed by atoms with Crippen molar-refractivity contribution in [3.63, 3.8) is 0 Å². The van der Waals surface area contributed by atoms with Gasteiger partial charge in [-0.1, -0.05) is 19.3 Å². The third-order valence-corrected chi connectivity index (χ3v) is 6.55. The first kappa shape index (κ1) is 16.7. The van der Waals surface area contributed by atoms with E-state index in [1.165, 1.54) is 10.7 Å². The molecule has 0 aromatic carbocycles. The maximum absolute atomic E-state index is 12.7. The van der Waals surface area contributed by atoms with Gasteiger partial charge in [0.25, 0.3) is 0 Å². The summed E-state index contributed by atoms with van der Waals surface area (Å²) in [4.78, 5) is 11.3. The van der Waals surface area contributed by atoms with E-state index in [-0.39, 0.29) is 24.3 Å². The van der Waals surface area contributed by atoms with Crippen molar-refractivity contribution in [1.82, 2.24) is 9.62 Å². The molecule has 1 heterocycles. The van der Waals surface area contributed by atoms with E-state index in [9.17, 15) is 13.2 Å². The second kappa shape index (κ2) is 7.56. The van der Waals surface area contributed by atoms with E-state index in [0.717, 1.165) is 45.1 Å². The van der Waals surface area contributed by atoms with E-state index >= 15 is 0 Å². The normalized spacial score (nSPS) is 25.1. The van der Waals surface area contributed by atoms with Gasteiger partial charge in [0, 0.05) is 12.6 Å². The van der Waals surface area contributed by atoms with Gasteiger partial charge in [0.05, 0.1) is 12.3 Å². The van der Waals surface area contributed by atoms with Gasteiger partial charge in [0.1, 0.15) is 0 Å². The summed E-state index contributed by atoms with van der Waals surface area (Å²) in [6.45, 7) is 1.32. The molecular formula is C14H27N3O3S. The number of primary amides is 1. The molecule has 1 unspecified atom stereocenters. The van der Waals surface area contributed by atoms with E-state index < -0.39 is 15.9 Å². The zero-order chi connectivity index (χ0) is 15.3. The molecule has 1 aliphatic heterocycles. The fourth-order valence-electron chi connectivity index (χ4n) is 3.43. The fourth-order valence-corrected chi connectivity index (χ4v) is 5.51. The van der Waals surface area contributed by atoms with Crippen LogP contribution < -0.4 is 11.1 Å². The standard InChI is InChI=1S/C14H27N3O3S/c15-14(18)10-17(13-7-4-8-16-9-13)21(19,20)11-12-5-2-1-3-6-12/h12-13,16H,1-11H2,(H2,15,18). The largest absolute Gasteiger partial charge is 0.369 e. The van der Waals surface area contributed by atoms with E-state index in [1.807, 2.05) is 0 Å². The zero-order valence-electron chi connectivity index (χ0n) is 12.6. The Morgan fingerprint density at radius 3 is 2.43 bits per heavy atom. The fraction of sp³-hybridized carbons (Fsp3) is 0.929. The topological polar surface area (TPSA) is 92.5 Å². The van der Waals surface area contributed by atoms with Crippen LogP contribution in [0.3, 0.4) is 0 Å². The quantitative estimate of drug-likeness (QED) is 0.743. The maximum Gasteiger partial charge on any atom is 0.232 e. The van der Waals surface area contributed by atoms with Crippen LogP contribution in [0.15, 0.2) is 0 Å². The first-order valence-electron chi connectivity index (χ1n) is 7.97. The van der Waals surface area contributed by atoms with Crippen molar-refractivity contribution in [2.24, 2.45) is 11.7 Å². The number of nitrogens with two attached hydrogens (primary N) is 1. The molecule has 0 spiro atoms. The van der Waals surface area contributed by atoms with Crippen molar-refractivity contribution >= 4 is 15.9 Å². The van der Waals surface area contributed by atoms with Gasteiger partial charge in [-0.3, -0.25) is 4.79 Å². The van der Waals surface area contributed by atoms with Gasteiger partial charge in [-0.15, -0.1) is 0 Å². The molecule has 3 N–H and O–H groups in total. The van der Waals surface area contributed by atoms with Gasteiger partial charge in [-0.25, -0.2) is 8.42 Å².